The predicted molar refractivity (Wildman–Crippen MR) is 69.7 cm³/mol. The maximum atomic E-state index is 11.6. The van der Waals surface area contributed by atoms with Gasteiger partial charge in [-0.1, -0.05) is 37.1 Å². The van der Waals surface area contributed by atoms with Gasteiger partial charge >= 0.3 is 5.97 Å². The van der Waals surface area contributed by atoms with Crippen molar-refractivity contribution < 1.29 is 14.6 Å². The lowest BCUT2D eigenvalue weighted by atomic mass is 10.1. The van der Waals surface area contributed by atoms with E-state index in [0.29, 0.717) is 11.3 Å². The molecule has 0 saturated carbocycles. The van der Waals surface area contributed by atoms with E-state index in [0.717, 1.165) is 37.7 Å². The van der Waals surface area contributed by atoms with Crippen molar-refractivity contribution in [2.75, 3.05) is 6.61 Å². The van der Waals surface area contributed by atoms with E-state index in [1.807, 2.05) is 30.4 Å². The minimum atomic E-state index is -0.253. The molecule has 0 aromatic carbocycles. The van der Waals surface area contributed by atoms with E-state index in [9.17, 15) is 4.79 Å². The molecule has 0 bridgehead atoms. The average Bonchev–Trinajstić information content (AvgIpc) is 2.90. The van der Waals surface area contributed by atoms with Crippen LogP contribution in [0.15, 0.2) is 47.3 Å². The number of carbonyl (C=O) groups excluding carboxylic acids is 1. The fourth-order valence-corrected chi connectivity index (χ4v) is 2.07. The van der Waals surface area contributed by atoms with Crippen LogP contribution in [-0.2, 0) is 9.53 Å². The summed E-state index contributed by atoms with van der Waals surface area (Å²) >= 11 is 0. The third kappa shape index (κ3) is 2.99. The molecule has 0 atom stereocenters. The molecule has 0 radical (unpaired) electrons. The van der Waals surface area contributed by atoms with E-state index >= 15 is 0 Å². The second-order valence-electron chi connectivity index (χ2n) is 4.44. The van der Waals surface area contributed by atoms with Gasteiger partial charge in [0.2, 0.25) is 0 Å². The second-order valence-corrected chi connectivity index (χ2v) is 4.44. The van der Waals surface area contributed by atoms with Gasteiger partial charge in [-0.3, -0.25) is 0 Å². The quantitative estimate of drug-likeness (QED) is 0.555. The van der Waals surface area contributed by atoms with Gasteiger partial charge in [0.15, 0.2) is 0 Å². The number of hydrogen-bond donors (Lipinski definition) is 1. The molecule has 0 unspecified atom stereocenters. The van der Waals surface area contributed by atoms with Crippen LogP contribution in [0.2, 0.25) is 0 Å². The third-order valence-corrected chi connectivity index (χ3v) is 3.05. The number of unbranched alkanes of at least 4 members (excludes halogenated alkanes) is 4. The number of aliphatic hydroxyl groups excluding tert-OH is 1. The van der Waals surface area contributed by atoms with Crippen LogP contribution >= 0.6 is 0 Å². The molecule has 2 rings (SSSR count). The number of ether oxygens (including phenoxy) is 1. The van der Waals surface area contributed by atoms with E-state index in [1.165, 1.54) is 0 Å². The third-order valence-electron chi connectivity index (χ3n) is 3.05. The van der Waals surface area contributed by atoms with E-state index in [4.69, 9.17) is 9.84 Å². The summed E-state index contributed by atoms with van der Waals surface area (Å²) in [5.41, 5.74) is 1.56. The Bertz CT molecular complexity index is 439. The molecular formula is C15H18O3. The highest BCUT2D eigenvalue weighted by molar-refractivity contribution is 5.98. The van der Waals surface area contributed by atoms with Crippen LogP contribution in [0.25, 0.3) is 0 Å². The maximum Gasteiger partial charge on any atom is 0.344 e. The molecule has 0 amide bonds. The van der Waals surface area contributed by atoms with Crippen molar-refractivity contribution in [3.8, 4) is 0 Å². The van der Waals surface area contributed by atoms with Crippen LogP contribution < -0.4 is 0 Å². The van der Waals surface area contributed by atoms with Crippen molar-refractivity contribution in [2.45, 2.75) is 32.1 Å². The lowest BCUT2D eigenvalue weighted by molar-refractivity contribution is -0.132. The van der Waals surface area contributed by atoms with E-state index < -0.39 is 0 Å². The van der Waals surface area contributed by atoms with Gasteiger partial charge in [-0.2, -0.15) is 0 Å². The van der Waals surface area contributed by atoms with Gasteiger partial charge in [0, 0.05) is 12.2 Å². The number of hydrogen-bond acceptors (Lipinski definition) is 3. The molecule has 3 nitrogen and oxygen atoms in total. The fraction of sp³-hybridized carbons (Fsp3) is 0.400. The van der Waals surface area contributed by atoms with Gasteiger partial charge < -0.3 is 9.84 Å². The van der Waals surface area contributed by atoms with Crippen molar-refractivity contribution in [1.29, 1.82) is 0 Å². The molecule has 0 saturated heterocycles. The summed E-state index contributed by atoms with van der Waals surface area (Å²) in [6.07, 6.45) is 14.6. The number of rotatable bonds is 7. The van der Waals surface area contributed by atoms with Crippen molar-refractivity contribution in [3.05, 3.63) is 47.3 Å². The van der Waals surface area contributed by atoms with Crippen molar-refractivity contribution in [3.63, 3.8) is 0 Å². The summed E-state index contributed by atoms with van der Waals surface area (Å²) in [5.74, 6) is 0.416. The Hall–Kier alpha value is -1.61. The summed E-state index contributed by atoms with van der Waals surface area (Å²) < 4.78 is 5.11. The van der Waals surface area contributed by atoms with E-state index in [2.05, 4.69) is 0 Å². The largest absolute Gasteiger partial charge is 0.422 e. The number of esters is 1. The molecule has 2 aliphatic rings. The Morgan fingerprint density at radius 3 is 2.89 bits per heavy atom. The zero-order valence-corrected chi connectivity index (χ0v) is 10.4. The molecule has 1 heterocycles. The van der Waals surface area contributed by atoms with Gasteiger partial charge in [-0.25, -0.2) is 4.79 Å². The molecule has 0 fully saturated rings. The summed E-state index contributed by atoms with van der Waals surface area (Å²) in [5, 5.41) is 8.65. The second kappa shape index (κ2) is 6.36. The molecular weight excluding hydrogens is 228 g/mol. The van der Waals surface area contributed by atoms with Crippen molar-refractivity contribution in [2.24, 2.45) is 0 Å². The SMILES string of the molecule is O=C1OC2=CC=CC2=C1/C=C/CCCCCCO. The molecule has 3 heteroatoms. The molecule has 1 N–H and O–H groups in total. The minimum absolute atomic E-state index is 0.253. The highest BCUT2D eigenvalue weighted by Crippen LogP contribution is 2.31. The van der Waals surface area contributed by atoms with Gasteiger partial charge in [-0.05, 0) is 25.3 Å². The van der Waals surface area contributed by atoms with Crippen LogP contribution in [0.5, 0.6) is 0 Å². The first kappa shape index (κ1) is 12.8. The lowest BCUT2D eigenvalue weighted by Gasteiger charge is -1.96. The monoisotopic (exact) mass is 246 g/mol. The summed E-state index contributed by atoms with van der Waals surface area (Å²) in [6, 6.07) is 0. The topological polar surface area (TPSA) is 46.5 Å². The zero-order valence-electron chi connectivity index (χ0n) is 10.4. The highest BCUT2D eigenvalue weighted by Gasteiger charge is 2.27. The summed E-state index contributed by atoms with van der Waals surface area (Å²) in [7, 11) is 0. The van der Waals surface area contributed by atoms with Crippen LogP contribution in [0, 0.1) is 0 Å². The van der Waals surface area contributed by atoms with E-state index in [-0.39, 0.29) is 12.6 Å². The Morgan fingerprint density at radius 1 is 1.22 bits per heavy atom. The molecule has 0 aromatic rings. The van der Waals surface area contributed by atoms with Crippen LogP contribution in [0.3, 0.4) is 0 Å². The normalized spacial score (nSPS) is 17.6. The van der Waals surface area contributed by atoms with Crippen LogP contribution in [0.1, 0.15) is 32.1 Å². The number of aliphatic hydroxyl groups is 1. The molecule has 1 aliphatic heterocycles. The maximum absolute atomic E-state index is 11.6. The van der Waals surface area contributed by atoms with Crippen molar-refractivity contribution >= 4 is 5.97 Å². The summed E-state index contributed by atoms with van der Waals surface area (Å²) in [4.78, 5) is 11.6. The first-order valence-electron chi connectivity index (χ1n) is 6.45. The molecule has 18 heavy (non-hydrogen) atoms. The molecule has 96 valence electrons. The number of carbonyl (C=O) groups is 1. The first-order valence-corrected chi connectivity index (χ1v) is 6.45. The van der Waals surface area contributed by atoms with Gasteiger partial charge in [0.25, 0.3) is 0 Å². The molecule has 1 aliphatic carbocycles. The molecule has 0 spiro atoms. The van der Waals surface area contributed by atoms with Crippen LogP contribution in [-0.4, -0.2) is 17.7 Å². The minimum Gasteiger partial charge on any atom is -0.422 e. The zero-order chi connectivity index (χ0) is 12.8. The van der Waals surface area contributed by atoms with E-state index in [1.54, 1.807) is 0 Å². The smallest absolute Gasteiger partial charge is 0.344 e. The Morgan fingerprint density at radius 2 is 2.06 bits per heavy atom. The highest BCUT2D eigenvalue weighted by atomic mass is 16.5. The van der Waals surface area contributed by atoms with Gasteiger partial charge in [-0.15, -0.1) is 0 Å². The Labute approximate surface area is 107 Å². The summed E-state index contributed by atoms with van der Waals surface area (Å²) in [6.45, 7) is 0.277. The van der Waals surface area contributed by atoms with Crippen molar-refractivity contribution in [1.82, 2.24) is 0 Å². The average molecular weight is 246 g/mol. The van der Waals surface area contributed by atoms with Gasteiger partial charge in [0.05, 0.1) is 5.57 Å². The Kier molecular flexibility index (Phi) is 4.53. The van der Waals surface area contributed by atoms with Gasteiger partial charge in [0.1, 0.15) is 5.76 Å². The fourth-order valence-electron chi connectivity index (χ4n) is 2.07. The first-order chi connectivity index (χ1) is 8.83. The predicted octanol–water partition coefficient (Wildman–Crippen LogP) is 2.79. The standard InChI is InChI=1S/C15H18O3/c16-11-6-4-2-1-3-5-8-13-12-9-7-10-14(12)18-15(13)17/h5,7-10,16H,1-4,6,11H2/b8-5+. The number of allylic oxidation sites excluding steroid dienone is 4. The lowest BCUT2D eigenvalue weighted by Crippen LogP contribution is -1.96. The molecule has 0 aromatic heterocycles. The number of fused-ring (bicyclic) bond motifs is 1. The van der Waals surface area contributed by atoms with Crippen LogP contribution in [0.4, 0.5) is 0 Å². The Balaban J connectivity index is 1.79.